The number of piperazine rings is 1. The number of carboxylic acids is 2. The van der Waals surface area contributed by atoms with Crippen molar-refractivity contribution in [3.8, 4) is 0 Å². The van der Waals surface area contributed by atoms with Gasteiger partial charge in [-0.05, 0) is 19.1 Å². The van der Waals surface area contributed by atoms with Crippen molar-refractivity contribution in [2.24, 2.45) is 0 Å². The summed E-state index contributed by atoms with van der Waals surface area (Å²) in [5, 5.41) is 21.9. The SMILES string of the molecule is C=C(C)CN1CCN([C@H](C(=O)O)c2c[nH]c3cc(NC(=O)/C=C/C(=O)O)ccc23)CC1. The summed E-state index contributed by atoms with van der Waals surface area (Å²) >= 11 is 0. The number of aromatic nitrogens is 1. The number of fused-ring (bicyclic) bond motifs is 1. The average molecular weight is 426 g/mol. The molecule has 1 aliphatic heterocycles. The Balaban J connectivity index is 1.77. The molecule has 9 nitrogen and oxygen atoms in total. The van der Waals surface area contributed by atoms with Gasteiger partial charge in [0.25, 0.3) is 0 Å². The zero-order valence-corrected chi connectivity index (χ0v) is 17.3. The van der Waals surface area contributed by atoms with Crippen molar-refractivity contribution in [1.82, 2.24) is 14.8 Å². The van der Waals surface area contributed by atoms with Gasteiger partial charge < -0.3 is 20.5 Å². The van der Waals surface area contributed by atoms with Crippen LogP contribution < -0.4 is 5.32 Å². The number of anilines is 1. The van der Waals surface area contributed by atoms with Crippen molar-refractivity contribution in [3.05, 3.63) is 54.3 Å². The van der Waals surface area contributed by atoms with Gasteiger partial charge >= 0.3 is 11.9 Å². The van der Waals surface area contributed by atoms with E-state index in [9.17, 15) is 19.5 Å². The maximum absolute atomic E-state index is 12.1. The van der Waals surface area contributed by atoms with Crippen LogP contribution in [0.5, 0.6) is 0 Å². The molecule has 1 aromatic heterocycles. The van der Waals surface area contributed by atoms with E-state index < -0.39 is 23.9 Å². The normalized spacial score (nSPS) is 16.4. The molecule has 1 saturated heterocycles. The number of nitrogens with zero attached hydrogens (tertiary/aromatic N) is 2. The van der Waals surface area contributed by atoms with E-state index in [1.165, 1.54) is 0 Å². The molecule has 0 radical (unpaired) electrons. The molecule has 1 aromatic carbocycles. The van der Waals surface area contributed by atoms with Crippen LogP contribution in [0, 0.1) is 0 Å². The van der Waals surface area contributed by atoms with E-state index in [4.69, 9.17) is 5.11 Å². The number of nitrogens with one attached hydrogen (secondary N) is 2. The van der Waals surface area contributed by atoms with Crippen molar-refractivity contribution < 1.29 is 24.6 Å². The molecule has 0 saturated carbocycles. The molecule has 9 heteroatoms. The Bertz CT molecular complexity index is 1030. The summed E-state index contributed by atoms with van der Waals surface area (Å²) in [5.41, 5.74) is 2.91. The van der Waals surface area contributed by atoms with E-state index in [0.717, 1.165) is 42.7 Å². The lowest BCUT2D eigenvalue weighted by atomic mass is 10.0. The third kappa shape index (κ3) is 5.59. The lowest BCUT2D eigenvalue weighted by Gasteiger charge is -2.37. The summed E-state index contributed by atoms with van der Waals surface area (Å²) in [6.45, 7) is 9.57. The van der Waals surface area contributed by atoms with Crippen LogP contribution in [0.25, 0.3) is 10.9 Å². The van der Waals surface area contributed by atoms with Gasteiger partial charge in [0.2, 0.25) is 5.91 Å². The Hall–Kier alpha value is -3.43. The summed E-state index contributed by atoms with van der Waals surface area (Å²) in [7, 11) is 0. The second-order valence-electron chi connectivity index (χ2n) is 7.68. The van der Waals surface area contributed by atoms with Gasteiger partial charge in [-0.15, -0.1) is 0 Å². The van der Waals surface area contributed by atoms with Crippen LogP contribution >= 0.6 is 0 Å². The number of carboxylic acid groups (broad SMARTS) is 2. The van der Waals surface area contributed by atoms with E-state index in [-0.39, 0.29) is 0 Å². The van der Waals surface area contributed by atoms with Crippen molar-refractivity contribution >= 4 is 34.4 Å². The predicted molar refractivity (Wildman–Crippen MR) is 117 cm³/mol. The highest BCUT2D eigenvalue weighted by molar-refractivity contribution is 6.03. The molecule has 3 rings (SSSR count). The van der Waals surface area contributed by atoms with Gasteiger partial charge in [-0.25, -0.2) is 4.79 Å². The lowest BCUT2D eigenvalue weighted by molar-refractivity contribution is -0.144. The van der Waals surface area contributed by atoms with Crippen molar-refractivity contribution in [2.45, 2.75) is 13.0 Å². The highest BCUT2D eigenvalue weighted by Crippen LogP contribution is 2.31. The predicted octanol–water partition coefficient (Wildman–Crippen LogP) is 2.07. The Labute approximate surface area is 179 Å². The summed E-state index contributed by atoms with van der Waals surface area (Å²) in [5.74, 6) is -2.69. The van der Waals surface area contributed by atoms with Crippen LogP contribution in [-0.4, -0.2) is 75.6 Å². The summed E-state index contributed by atoms with van der Waals surface area (Å²) in [6.07, 6.45) is 3.38. The van der Waals surface area contributed by atoms with E-state index >= 15 is 0 Å². The standard InChI is InChI=1S/C22H26N4O5/c1-14(2)13-25-7-9-26(10-8-25)21(22(30)31)17-12-23-18-11-15(3-4-16(17)18)24-19(27)5-6-20(28)29/h3-6,11-12,21,23H,1,7-10,13H2,2H3,(H,24,27)(H,28,29)(H,30,31)/b6-5+/t21-/m0/s1. The first-order valence-corrected chi connectivity index (χ1v) is 9.91. The molecular weight excluding hydrogens is 400 g/mol. The number of aromatic amines is 1. The van der Waals surface area contributed by atoms with E-state index in [1.807, 2.05) is 11.8 Å². The van der Waals surface area contributed by atoms with Crippen molar-refractivity contribution in [2.75, 3.05) is 38.0 Å². The molecule has 0 spiro atoms. The molecule has 1 amide bonds. The largest absolute Gasteiger partial charge is 0.480 e. The highest BCUT2D eigenvalue weighted by Gasteiger charge is 2.32. The number of hydrogen-bond donors (Lipinski definition) is 4. The Morgan fingerprint density at radius 1 is 1.19 bits per heavy atom. The number of rotatable bonds is 8. The average Bonchev–Trinajstić information content (AvgIpc) is 3.10. The van der Waals surface area contributed by atoms with E-state index in [1.54, 1.807) is 24.4 Å². The second kappa shape index (κ2) is 9.59. The van der Waals surface area contributed by atoms with Gasteiger partial charge in [0.05, 0.1) is 0 Å². The molecule has 0 unspecified atom stereocenters. The monoisotopic (exact) mass is 426 g/mol. The number of H-pyrrole nitrogens is 1. The van der Waals surface area contributed by atoms with Crippen LogP contribution in [-0.2, 0) is 14.4 Å². The third-order valence-corrected chi connectivity index (χ3v) is 5.15. The van der Waals surface area contributed by atoms with Gasteiger partial charge in [-0.2, -0.15) is 0 Å². The van der Waals surface area contributed by atoms with Gasteiger partial charge in [0.1, 0.15) is 6.04 Å². The first-order valence-electron chi connectivity index (χ1n) is 9.91. The number of hydrogen-bond acceptors (Lipinski definition) is 5. The first kappa shape index (κ1) is 22.3. The molecule has 2 heterocycles. The number of carbonyl (C=O) groups is 3. The topological polar surface area (TPSA) is 126 Å². The minimum Gasteiger partial charge on any atom is -0.480 e. The van der Waals surface area contributed by atoms with Crippen molar-refractivity contribution in [3.63, 3.8) is 0 Å². The Morgan fingerprint density at radius 3 is 2.52 bits per heavy atom. The molecule has 1 fully saturated rings. The second-order valence-corrected chi connectivity index (χ2v) is 7.68. The number of amides is 1. The Kier molecular flexibility index (Phi) is 6.88. The summed E-state index contributed by atoms with van der Waals surface area (Å²) in [4.78, 5) is 41.8. The van der Waals surface area contributed by atoms with Crippen LogP contribution in [0.15, 0.2) is 48.7 Å². The summed E-state index contributed by atoms with van der Waals surface area (Å²) in [6, 6.07) is 4.33. The van der Waals surface area contributed by atoms with Gasteiger partial charge in [-0.3, -0.25) is 19.4 Å². The Morgan fingerprint density at radius 2 is 1.90 bits per heavy atom. The molecule has 1 aliphatic rings. The smallest absolute Gasteiger partial charge is 0.328 e. The number of carbonyl (C=O) groups excluding carboxylic acids is 1. The van der Waals surface area contributed by atoms with E-state index in [2.05, 4.69) is 21.8 Å². The van der Waals surface area contributed by atoms with Crippen LogP contribution in [0.4, 0.5) is 5.69 Å². The van der Waals surface area contributed by atoms with Crippen LogP contribution in [0.3, 0.4) is 0 Å². The van der Waals surface area contributed by atoms with Crippen LogP contribution in [0.2, 0.25) is 0 Å². The molecule has 164 valence electrons. The molecule has 31 heavy (non-hydrogen) atoms. The zero-order valence-electron chi connectivity index (χ0n) is 17.3. The summed E-state index contributed by atoms with van der Waals surface area (Å²) < 4.78 is 0. The van der Waals surface area contributed by atoms with Crippen LogP contribution in [0.1, 0.15) is 18.5 Å². The maximum Gasteiger partial charge on any atom is 0.328 e. The molecular formula is C22H26N4O5. The molecule has 2 aromatic rings. The van der Waals surface area contributed by atoms with Gasteiger partial charge in [-0.1, -0.05) is 18.2 Å². The molecule has 4 N–H and O–H groups in total. The van der Waals surface area contributed by atoms with E-state index in [0.29, 0.717) is 29.9 Å². The fourth-order valence-corrected chi connectivity index (χ4v) is 3.83. The van der Waals surface area contributed by atoms with Gasteiger partial charge in [0, 0.05) is 73.2 Å². The number of benzene rings is 1. The molecule has 0 bridgehead atoms. The minimum absolute atomic E-state index is 0.473. The maximum atomic E-state index is 12.1. The highest BCUT2D eigenvalue weighted by atomic mass is 16.4. The number of aliphatic carboxylic acids is 2. The molecule has 0 aliphatic carbocycles. The molecule has 1 atom stereocenters. The first-order chi connectivity index (χ1) is 14.7. The lowest BCUT2D eigenvalue weighted by Crippen LogP contribution is -2.49. The van der Waals surface area contributed by atoms with Crippen molar-refractivity contribution in [1.29, 1.82) is 0 Å². The fourth-order valence-electron chi connectivity index (χ4n) is 3.83. The van der Waals surface area contributed by atoms with Gasteiger partial charge in [0.15, 0.2) is 0 Å². The third-order valence-electron chi connectivity index (χ3n) is 5.15. The quantitative estimate of drug-likeness (QED) is 0.376. The zero-order chi connectivity index (χ0) is 22.5. The minimum atomic E-state index is -1.21. The fraction of sp³-hybridized carbons (Fsp3) is 0.318.